The molecule has 1 aliphatic rings. The number of nitrogens with zero attached hydrogens (tertiary/aromatic N) is 3. The first-order valence-corrected chi connectivity index (χ1v) is 7.85. The molecule has 1 saturated heterocycles. The van der Waals surface area contributed by atoms with Crippen LogP contribution in [0.15, 0.2) is 36.5 Å². The lowest BCUT2D eigenvalue weighted by Gasteiger charge is -2.32. The third-order valence-electron chi connectivity index (χ3n) is 3.99. The molecule has 2 aromatic rings. The molecule has 2 heterocycles. The van der Waals surface area contributed by atoms with Gasteiger partial charge in [0.05, 0.1) is 19.3 Å². The summed E-state index contributed by atoms with van der Waals surface area (Å²) in [5.41, 5.74) is 6.29. The molecule has 1 fully saturated rings. The summed E-state index contributed by atoms with van der Waals surface area (Å²) >= 11 is 0. The molecule has 0 bridgehead atoms. The van der Waals surface area contributed by atoms with Gasteiger partial charge in [-0.15, -0.1) is 0 Å². The number of rotatable bonds is 5. The minimum absolute atomic E-state index is 0.101. The Morgan fingerprint density at radius 3 is 3.00 bits per heavy atom. The van der Waals surface area contributed by atoms with Crippen molar-refractivity contribution in [3.8, 4) is 0 Å². The summed E-state index contributed by atoms with van der Waals surface area (Å²) in [5.74, 6) is 0.993. The van der Waals surface area contributed by atoms with E-state index in [0.717, 1.165) is 31.8 Å². The number of aromatic nitrogens is 2. The standard InChI is InChI=1S/C17H21FN4O/c18-15-6-2-1-4-13(15)12-23-14-5-3-9-22(10-14)11-17-20-8-7-16(19)21-17/h1-2,4,6-8,14H,3,5,9-12H2,(H2,19,20,21)/t14-/m0/s1. The van der Waals surface area contributed by atoms with Crippen LogP contribution >= 0.6 is 0 Å². The minimum atomic E-state index is -0.215. The van der Waals surface area contributed by atoms with Gasteiger partial charge in [-0.3, -0.25) is 4.90 Å². The van der Waals surface area contributed by atoms with Crippen LogP contribution < -0.4 is 5.73 Å². The van der Waals surface area contributed by atoms with Crippen LogP contribution in [0, 0.1) is 5.82 Å². The summed E-state index contributed by atoms with van der Waals surface area (Å²) in [5, 5.41) is 0. The lowest BCUT2D eigenvalue weighted by atomic mass is 10.1. The Kier molecular flexibility index (Phi) is 5.15. The van der Waals surface area contributed by atoms with Crippen LogP contribution in [0.2, 0.25) is 0 Å². The van der Waals surface area contributed by atoms with Gasteiger partial charge in [-0.05, 0) is 31.5 Å². The molecular weight excluding hydrogens is 295 g/mol. The van der Waals surface area contributed by atoms with Gasteiger partial charge in [-0.1, -0.05) is 18.2 Å². The second kappa shape index (κ2) is 7.48. The Labute approximate surface area is 135 Å². The fraction of sp³-hybridized carbons (Fsp3) is 0.412. The van der Waals surface area contributed by atoms with Crippen molar-refractivity contribution in [3.05, 3.63) is 53.7 Å². The lowest BCUT2D eigenvalue weighted by molar-refractivity contribution is -0.0135. The first-order chi connectivity index (χ1) is 11.2. The Morgan fingerprint density at radius 1 is 1.30 bits per heavy atom. The van der Waals surface area contributed by atoms with Crippen molar-refractivity contribution in [1.29, 1.82) is 0 Å². The number of benzene rings is 1. The number of ether oxygens (including phenoxy) is 1. The molecule has 5 nitrogen and oxygen atoms in total. The number of likely N-dealkylation sites (tertiary alicyclic amines) is 1. The summed E-state index contributed by atoms with van der Waals surface area (Å²) in [7, 11) is 0. The molecule has 1 aromatic heterocycles. The van der Waals surface area contributed by atoms with Gasteiger partial charge < -0.3 is 10.5 Å². The van der Waals surface area contributed by atoms with Gasteiger partial charge in [-0.2, -0.15) is 0 Å². The van der Waals surface area contributed by atoms with Gasteiger partial charge in [0, 0.05) is 18.3 Å². The van der Waals surface area contributed by atoms with Crippen LogP contribution in [0.4, 0.5) is 10.2 Å². The third-order valence-corrected chi connectivity index (χ3v) is 3.99. The predicted molar refractivity (Wildman–Crippen MR) is 85.9 cm³/mol. The Balaban J connectivity index is 1.53. The van der Waals surface area contributed by atoms with E-state index in [0.29, 0.717) is 24.5 Å². The summed E-state index contributed by atoms with van der Waals surface area (Å²) < 4.78 is 19.5. The zero-order valence-electron chi connectivity index (χ0n) is 13.0. The van der Waals surface area contributed by atoms with Crippen LogP contribution in [0.1, 0.15) is 24.2 Å². The van der Waals surface area contributed by atoms with E-state index in [9.17, 15) is 4.39 Å². The number of halogens is 1. The average Bonchev–Trinajstić information content (AvgIpc) is 2.54. The maximum atomic E-state index is 13.6. The highest BCUT2D eigenvalue weighted by molar-refractivity contribution is 5.25. The average molecular weight is 316 g/mol. The molecule has 0 spiro atoms. The van der Waals surface area contributed by atoms with E-state index in [2.05, 4.69) is 14.9 Å². The first-order valence-electron chi connectivity index (χ1n) is 7.85. The summed E-state index contributed by atoms with van der Waals surface area (Å²) in [4.78, 5) is 10.7. The van der Waals surface area contributed by atoms with Gasteiger partial charge in [0.2, 0.25) is 0 Å². The van der Waals surface area contributed by atoms with Crippen molar-refractivity contribution in [2.45, 2.75) is 32.1 Å². The molecule has 0 amide bonds. The molecule has 0 unspecified atom stereocenters. The number of nitrogens with two attached hydrogens (primary N) is 1. The molecule has 1 atom stereocenters. The lowest BCUT2D eigenvalue weighted by Crippen LogP contribution is -2.39. The molecule has 1 aliphatic heterocycles. The quantitative estimate of drug-likeness (QED) is 0.917. The van der Waals surface area contributed by atoms with Crippen molar-refractivity contribution in [2.75, 3.05) is 18.8 Å². The Bertz CT molecular complexity index is 652. The summed E-state index contributed by atoms with van der Waals surface area (Å²) in [6.07, 6.45) is 3.81. The van der Waals surface area contributed by atoms with E-state index in [1.807, 2.05) is 6.07 Å². The molecule has 0 radical (unpaired) electrons. The highest BCUT2D eigenvalue weighted by Gasteiger charge is 2.21. The molecular formula is C17H21FN4O. The zero-order valence-corrected chi connectivity index (χ0v) is 13.0. The van der Waals surface area contributed by atoms with Crippen molar-refractivity contribution in [1.82, 2.24) is 14.9 Å². The topological polar surface area (TPSA) is 64.3 Å². The number of hydrogen-bond acceptors (Lipinski definition) is 5. The molecule has 1 aromatic carbocycles. The van der Waals surface area contributed by atoms with E-state index in [4.69, 9.17) is 10.5 Å². The van der Waals surface area contributed by atoms with Crippen LogP contribution in [-0.4, -0.2) is 34.1 Å². The Morgan fingerprint density at radius 2 is 2.17 bits per heavy atom. The van der Waals surface area contributed by atoms with E-state index in [1.165, 1.54) is 6.07 Å². The Hall–Kier alpha value is -2.05. The molecule has 0 saturated carbocycles. The molecule has 3 rings (SSSR count). The maximum Gasteiger partial charge on any atom is 0.144 e. The summed E-state index contributed by atoms with van der Waals surface area (Å²) in [6.45, 7) is 2.74. The van der Waals surface area contributed by atoms with E-state index >= 15 is 0 Å². The molecule has 0 aliphatic carbocycles. The molecule has 2 N–H and O–H groups in total. The molecule has 6 heteroatoms. The van der Waals surface area contributed by atoms with Crippen molar-refractivity contribution >= 4 is 5.82 Å². The molecule has 23 heavy (non-hydrogen) atoms. The largest absolute Gasteiger partial charge is 0.384 e. The fourth-order valence-corrected chi connectivity index (χ4v) is 2.81. The van der Waals surface area contributed by atoms with Crippen molar-refractivity contribution in [3.63, 3.8) is 0 Å². The third kappa shape index (κ3) is 4.46. The van der Waals surface area contributed by atoms with Crippen LogP contribution in [-0.2, 0) is 17.9 Å². The van der Waals surface area contributed by atoms with E-state index in [-0.39, 0.29) is 11.9 Å². The van der Waals surface area contributed by atoms with Gasteiger partial charge in [0.15, 0.2) is 0 Å². The number of piperidine rings is 1. The number of nitrogen functional groups attached to an aromatic ring is 1. The van der Waals surface area contributed by atoms with E-state index in [1.54, 1.807) is 24.4 Å². The predicted octanol–water partition coefficient (Wildman–Crippen LogP) is 2.38. The number of hydrogen-bond donors (Lipinski definition) is 1. The van der Waals surface area contributed by atoms with Crippen LogP contribution in [0.25, 0.3) is 0 Å². The second-order valence-corrected chi connectivity index (χ2v) is 5.80. The molecule has 122 valence electrons. The van der Waals surface area contributed by atoms with Crippen LogP contribution in [0.5, 0.6) is 0 Å². The van der Waals surface area contributed by atoms with Gasteiger partial charge in [-0.25, -0.2) is 14.4 Å². The first kappa shape index (κ1) is 15.8. The number of anilines is 1. The fourth-order valence-electron chi connectivity index (χ4n) is 2.81. The van der Waals surface area contributed by atoms with Crippen molar-refractivity contribution < 1.29 is 9.13 Å². The van der Waals surface area contributed by atoms with Gasteiger partial charge in [0.25, 0.3) is 0 Å². The van der Waals surface area contributed by atoms with Gasteiger partial charge in [0.1, 0.15) is 17.5 Å². The summed E-state index contributed by atoms with van der Waals surface area (Å²) in [6, 6.07) is 8.42. The zero-order chi connectivity index (χ0) is 16.1. The minimum Gasteiger partial charge on any atom is -0.384 e. The monoisotopic (exact) mass is 316 g/mol. The smallest absolute Gasteiger partial charge is 0.144 e. The second-order valence-electron chi connectivity index (χ2n) is 5.80. The normalized spacial score (nSPS) is 18.9. The highest BCUT2D eigenvalue weighted by Crippen LogP contribution is 2.17. The van der Waals surface area contributed by atoms with Crippen molar-refractivity contribution in [2.24, 2.45) is 0 Å². The van der Waals surface area contributed by atoms with E-state index < -0.39 is 0 Å². The maximum absolute atomic E-state index is 13.6. The highest BCUT2D eigenvalue weighted by atomic mass is 19.1. The van der Waals surface area contributed by atoms with Gasteiger partial charge >= 0.3 is 0 Å². The van der Waals surface area contributed by atoms with Crippen LogP contribution in [0.3, 0.4) is 0 Å². The SMILES string of the molecule is Nc1ccnc(CN2CCC[C@H](OCc3ccccc3F)C2)n1.